The Bertz CT molecular complexity index is 643. The summed E-state index contributed by atoms with van der Waals surface area (Å²) in [5.74, 6) is -1.38. The molecule has 7 heteroatoms. The first-order valence-corrected chi connectivity index (χ1v) is 6.23. The van der Waals surface area contributed by atoms with Crippen LogP contribution in [0.2, 0.25) is 0 Å². The van der Waals surface area contributed by atoms with Gasteiger partial charge in [0.1, 0.15) is 11.6 Å². The lowest BCUT2D eigenvalue weighted by atomic mass is 10.2. The fourth-order valence-corrected chi connectivity index (χ4v) is 2.04. The number of hydrogen-bond acceptors (Lipinski definition) is 2. The third kappa shape index (κ3) is 3.27. The Morgan fingerprint density at radius 1 is 1.20 bits per heavy atom. The molecule has 0 spiro atoms. The molecule has 0 fully saturated rings. The molecule has 1 aromatic carbocycles. The summed E-state index contributed by atoms with van der Waals surface area (Å²) in [5.41, 5.74) is -0.516. The minimum absolute atomic E-state index is 0.107. The van der Waals surface area contributed by atoms with Gasteiger partial charge in [-0.25, -0.2) is 9.37 Å². The molecule has 0 saturated heterocycles. The van der Waals surface area contributed by atoms with E-state index in [1.165, 1.54) is 6.20 Å². The van der Waals surface area contributed by atoms with Crippen LogP contribution in [0, 0.1) is 12.7 Å². The van der Waals surface area contributed by atoms with E-state index in [1.54, 1.807) is 13.0 Å². The number of hydrogen-bond donors (Lipinski definition) is 0. The van der Waals surface area contributed by atoms with Gasteiger partial charge in [0.2, 0.25) is 5.88 Å². The summed E-state index contributed by atoms with van der Waals surface area (Å²) >= 11 is 3.19. The van der Waals surface area contributed by atoms with Gasteiger partial charge in [-0.2, -0.15) is 13.2 Å². The van der Waals surface area contributed by atoms with E-state index in [4.69, 9.17) is 4.74 Å². The molecular formula is C13H8BrF4NO. The second kappa shape index (κ2) is 5.40. The Hall–Kier alpha value is -1.63. The lowest BCUT2D eigenvalue weighted by Crippen LogP contribution is -2.08. The smallest absolute Gasteiger partial charge is 0.419 e. The molecule has 0 amide bonds. The van der Waals surface area contributed by atoms with Crippen LogP contribution in [0.25, 0.3) is 0 Å². The molecule has 20 heavy (non-hydrogen) atoms. The zero-order valence-electron chi connectivity index (χ0n) is 10.1. The lowest BCUT2D eigenvalue weighted by molar-refractivity contribution is -0.140. The third-order valence-electron chi connectivity index (χ3n) is 2.40. The summed E-state index contributed by atoms with van der Waals surface area (Å²) in [6.07, 6.45) is -3.27. The van der Waals surface area contributed by atoms with Gasteiger partial charge in [-0.15, -0.1) is 0 Å². The minimum Gasteiger partial charge on any atom is -0.438 e. The molecule has 0 aliphatic rings. The van der Waals surface area contributed by atoms with Crippen LogP contribution in [0.3, 0.4) is 0 Å². The van der Waals surface area contributed by atoms with Gasteiger partial charge in [0, 0.05) is 6.20 Å². The molecule has 106 valence electrons. The fourth-order valence-electron chi connectivity index (χ4n) is 1.49. The van der Waals surface area contributed by atoms with Gasteiger partial charge in [-0.3, -0.25) is 0 Å². The van der Waals surface area contributed by atoms with Gasteiger partial charge in [-0.1, -0.05) is 0 Å². The van der Waals surface area contributed by atoms with Gasteiger partial charge in [-0.05, 0) is 52.7 Å². The maximum Gasteiger partial charge on any atom is 0.419 e. The van der Waals surface area contributed by atoms with Gasteiger partial charge >= 0.3 is 6.18 Å². The van der Waals surface area contributed by atoms with E-state index in [0.29, 0.717) is 16.6 Å². The molecule has 2 rings (SSSR count). The zero-order valence-corrected chi connectivity index (χ0v) is 11.7. The highest BCUT2D eigenvalue weighted by Gasteiger charge is 2.34. The van der Waals surface area contributed by atoms with Gasteiger partial charge in [0.05, 0.1) is 10.0 Å². The number of aryl methyl sites for hydroxylation is 1. The number of halogens is 5. The quantitative estimate of drug-likeness (QED) is 0.703. The van der Waals surface area contributed by atoms with Crippen molar-refractivity contribution in [2.75, 3.05) is 0 Å². The second-order valence-corrected chi connectivity index (χ2v) is 4.90. The molecule has 1 heterocycles. The highest BCUT2D eigenvalue weighted by Crippen LogP contribution is 2.35. The van der Waals surface area contributed by atoms with Crippen molar-refractivity contribution in [1.82, 2.24) is 4.98 Å². The van der Waals surface area contributed by atoms with Crippen LogP contribution >= 0.6 is 15.9 Å². The predicted molar refractivity (Wildman–Crippen MR) is 68.2 cm³/mol. The van der Waals surface area contributed by atoms with Crippen molar-refractivity contribution in [3.05, 3.63) is 51.9 Å². The van der Waals surface area contributed by atoms with Crippen molar-refractivity contribution in [2.45, 2.75) is 13.1 Å². The van der Waals surface area contributed by atoms with Crippen LogP contribution in [0.4, 0.5) is 17.6 Å². The predicted octanol–water partition coefficient (Wildman–Crippen LogP) is 5.10. The molecule has 0 bridgehead atoms. The molecule has 0 unspecified atom stereocenters. The number of pyridine rings is 1. The lowest BCUT2D eigenvalue weighted by Gasteiger charge is -2.11. The van der Waals surface area contributed by atoms with Gasteiger partial charge in [0.25, 0.3) is 0 Å². The first-order valence-electron chi connectivity index (χ1n) is 5.44. The van der Waals surface area contributed by atoms with Crippen LogP contribution in [-0.2, 0) is 6.18 Å². The maximum absolute atomic E-state index is 13.1. The topological polar surface area (TPSA) is 22.1 Å². The van der Waals surface area contributed by atoms with Crippen molar-refractivity contribution in [1.29, 1.82) is 0 Å². The highest BCUT2D eigenvalue weighted by atomic mass is 79.9. The monoisotopic (exact) mass is 349 g/mol. The first kappa shape index (κ1) is 14.8. The standard InChI is InChI=1S/C13H8BrF4NO/c1-7-4-10(14)12(19-6-7)20-8-2-3-11(15)9(5-8)13(16,17)18/h2-6H,1H3. The Morgan fingerprint density at radius 3 is 2.50 bits per heavy atom. The van der Waals surface area contributed by atoms with Gasteiger partial charge < -0.3 is 4.74 Å². The van der Waals surface area contributed by atoms with E-state index in [2.05, 4.69) is 20.9 Å². The van der Waals surface area contributed by atoms with Crippen molar-refractivity contribution in [2.24, 2.45) is 0 Å². The number of aromatic nitrogens is 1. The normalized spacial score (nSPS) is 11.5. The Kier molecular flexibility index (Phi) is 3.99. The average Bonchev–Trinajstić information content (AvgIpc) is 2.33. The van der Waals surface area contributed by atoms with E-state index < -0.39 is 17.6 Å². The minimum atomic E-state index is -4.78. The number of ether oxygens (including phenoxy) is 1. The molecule has 0 aliphatic heterocycles. The molecule has 2 nitrogen and oxygen atoms in total. The molecular weight excluding hydrogens is 342 g/mol. The van der Waals surface area contributed by atoms with E-state index in [1.807, 2.05) is 0 Å². The fraction of sp³-hybridized carbons (Fsp3) is 0.154. The van der Waals surface area contributed by atoms with Crippen LogP contribution in [0.15, 0.2) is 34.9 Å². The Labute approximate surface area is 120 Å². The van der Waals surface area contributed by atoms with Crippen molar-refractivity contribution in [3.8, 4) is 11.6 Å². The summed E-state index contributed by atoms with van der Waals surface area (Å²) in [7, 11) is 0. The van der Waals surface area contributed by atoms with Crippen LogP contribution in [-0.4, -0.2) is 4.98 Å². The second-order valence-electron chi connectivity index (χ2n) is 4.04. The maximum atomic E-state index is 13.1. The molecule has 0 saturated carbocycles. The number of rotatable bonds is 2. The van der Waals surface area contributed by atoms with Crippen molar-refractivity contribution in [3.63, 3.8) is 0 Å². The molecule has 0 radical (unpaired) electrons. The summed E-state index contributed by atoms with van der Waals surface area (Å²) in [4.78, 5) is 3.94. The summed E-state index contributed by atoms with van der Waals surface area (Å²) in [6, 6.07) is 4.12. The van der Waals surface area contributed by atoms with Crippen molar-refractivity contribution >= 4 is 15.9 Å². The van der Waals surface area contributed by atoms with E-state index >= 15 is 0 Å². The largest absolute Gasteiger partial charge is 0.438 e. The summed E-state index contributed by atoms with van der Waals surface area (Å²) < 4.78 is 56.6. The van der Waals surface area contributed by atoms with Crippen molar-refractivity contribution < 1.29 is 22.3 Å². The number of nitrogens with zero attached hydrogens (tertiary/aromatic N) is 1. The highest BCUT2D eigenvalue weighted by molar-refractivity contribution is 9.10. The van der Waals surface area contributed by atoms with E-state index in [9.17, 15) is 17.6 Å². The SMILES string of the molecule is Cc1cnc(Oc2ccc(F)c(C(F)(F)F)c2)c(Br)c1. The molecule has 0 atom stereocenters. The Balaban J connectivity index is 2.35. The van der Waals surface area contributed by atoms with Gasteiger partial charge in [0.15, 0.2) is 0 Å². The number of benzene rings is 1. The average molecular weight is 350 g/mol. The molecule has 0 aliphatic carbocycles. The first-order chi connectivity index (χ1) is 9.27. The van der Waals surface area contributed by atoms with Crippen LogP contribution in [0.1, 0.15) is 11.1 Å². The third-order valence-corrected chi connectivity index (χ3v) is 2.97. The van der Waals surface area contributed by atoms with Crippen LogP contribution < -0.4 is 4.74 Å². The van der Waals surface area contributed by atoms with Crippen LogP contribution in [0.5, 0.6) is 11.6 Å². The molecule has 2 aromatic rings. The molecule has 0 N–H and O–H groups in total. The Morgan fingerprint density at radius 2 is 1.90 bits per heavy atom. The zero-order chi connectivity index (χ0) is 14.9. The van der Waals surface area contributed by atoms with E-state index in [-0.39, 0.29) is 11.6 Å². The summed E-state index contributed by atoms with van der Waals surface area (Å²) in [5, 5.41) is 0. The summed E-state index contributed by atoms with van der Waals surface area (Å²) in [6.45, 7) is 1.81. The molecule has 1 aromatic heterocycles. The number of alkyl halides is 3. The van der Waals surface area contributed by atoms with E-state index in [0.717, 1.165) is 11.6 Å².